The van der Waals surface area contributed by atoms with E-state index in [-0.39, 0.29) is 168 Å². The number of rotatable bonds is 16. The minimum atomic E-state index is -0.345. The number of hydrogen-bond donors (Lipinski definition) is 0. The third-order valence-electron chi connectivity index (χ3n) is 28.4. The van der Waals surface area contributed by atoms with E-state index < -0.39 is 0 Å². The number of benzene rings is 3. The first kappa shape index (κ1) is 99.6. The molecule has 10 fully saturated rings. The zero-order valence-corrected chi connectivity index (χ0v) is 60.6. The molecule has 10 nitrogen and oxygen atoms in total. The molecule has 10 heteroatoms. The SMILES string of the molecule is C.C.C.C.C.C.C.C.C.C.CCC(C)(C)C(=O)OC1CC2CC1C1CCCC21.CCC(C)(C)C(=O)OC1CC2CCC1(C)C2(C)C.CCC(C)C(=O)OC1CC2CC1C1CCCC21.CCC(C)C(=O)OC1CC2CCC1(C)C2(C)C.CCC(C)C(=O)OCc1c2ccccc2cc2ccccc12. The Morgan fingerprint density at radius 2 is 0.784 bits per heavy atom. The van der Waals surface area contributed by atoms with Crippen LogP contribution in [0.15, 0.2) is 54.6 Å². The summed E-state index contributed by atoms with van der Waals surface area (Å²) >= 11 is 0. The van der Waals surface area contributed by atoms with Gasteiger partial charge in [0.2, 0.25) is 0 Å². The first-order valence-electron chi connectivity index (χ1n) is 37.3. The number of carbonyl (C=O) groups is 5. The molecular weight excluding hydrogens is 1270 g/mol. The topological polar surface area (TPSA) is 132 Å². The first-order chi connectivity index (χ1) is 43.4. The minimum Gasteiger partial charge on any atom is -0.462 e. The van der Waals surface area contributed by atoms with Crippen molar-refractivity contribution >= 4 is 51.4 Å². The molecule has 0 saturated heterocycles. The number of fused-ring (bicyclic) bond motifs is 16. The van der Waals surface area contributed by atoms with Crippen LogP contribution in [0.4, 0.5) is 0 Å². The summed E-state index contributed by atoms with van der Waals surface area (Å²) in [6.07, 6.45) is 25.7. The molecule has 3 aromatic rings. The van der Waals surface area contributed by atoms with Gasteiger partial charge in [-0.15, -0.1) is 0 Å². The molecule has 10 saturated carbocycles. The molecular formula is C92H164O10. The van der Waals surface area contributed by atoms with Crippen LogP contribution in [-0.2, 0) is 54.3 Å². The van der Waals surface area contributed by atoms with E-state index in [1.54, 1.807) is 0 Å². The molecule has 0 radical (unpaired) electrons. The van der Waals surface area contributed by atoms with Gasteiger partial charge < -0.3 is 23.7 Å². The van der Waals surface area contributed by atoms with E-state index in [0.29, 0.717) is 29.3 Å². The van der Waals surface area contributed by atoms with Gasteiger partial charge in [-0.1, -0.05) is 233 Å². The smallest absolute Gasteiger partial charge is 0.311 e. The largest absolute Gasteiger partial charge is 0.462 e. The molecule has 0 aromatic heterocycles. The summed E-state index contributed by atoms with van der Waals surface area (Å²) in [6.45, 7) is 38.4. The van der Waals surface area contributed by atoms with Crippen LogP contribution in [-0.4, -0.2) is 54.3 Å². The predicted octanol–water partition coefficient (Wildman–Crippen LogP) is 26.6. The van der Waals surface area contributed by atoms with Gasteiger partial charge in [0, 0.05) is 16.4 Å². The molecule has 0 aliphatic heterocycles. The second-order valence-corrected chi connectivity index (χ2v) is 34.1. The Bertz CT molecular complexity index is 3010. The van der Waals surface area contributed by atoms with Crippen molar-refractivity contribution in [3.8, 4) is 0 Å². The van der Waals surface area contributed by atoms with Crippen molar-refractivity contribution in [3.05, 3.63) is 60.2 Å². The lowest BCUT2D eigenvalue weighted by Crippen LogP contribution is -2.40. The second-order valence-electron chi connectivity index (χ2n) is 34.1. The lowest BCUT2D eigenvalue weighted by atomic mass is 9.70. The number of carbonyl (C=O) groups excluding carboxylic acids is 5. The fourth-order valence-electron chi connectivity index (χ4n) is 19.3. The molecule has 8 bridgehead atoms. The van der Waals surface area contributed by atoms with Crippen molar-refractivity contribution in [1.82, 2.24) is 0 Å². The van der Waals surface area contributed by atoms with E-state index in [0.717, 1.165) is 121 Å². The Kier molecular flexibility index (Phi) is 39.0. The van der Waals surface area contributed by atoms with Crippen molar-refractivity contribution in [2.75, 3.05) is 0 Å². The zero-order chi connectivity index (χ0) is 67.0. The molecule has 13 rings (SSSR count). The number of hydrogen-bond acceptors (Lipinski definition) is 10. The Balaban J connectivity index is 0. The van der Waals surface area contributed by atoms with Crippen LogP contribution >= 0.6 is 0 Å². The van der Waals surface area contributed by atoms with Crippen molar-refractivity contribution in [3.63, 3.8) is 0 Å². The van der Waals surface area contributed by atoms with Gasteiger partial charge >= 0.3 is 29.8 Å². The summed E-state index contributed by atoms with van der Waals surface area (Å²) < 4.78 is 28.9. The molecule has 592 valence electrons. The Labute approximate surface area is 630 Å². The summed E-state index contributed by atoms with van der Waals surface area (Å²) in [5.74, 6) is 8.34. The summed E-state index contributed by atoms with van der Waals surface area (Å²) in [5.41, 5.74) is 1.45. The van der Waals surface area contributed by atoms with E-state index in [4.69, 9.17) is 23.7 Å². The average molecular weight is 1430 g/mol. The van der Waals surface area contributed by atoms with Gasteiger partial charge in [-0.05, 0) is 247 Å². The van der Waals surface area contributed by atoms with Crippen LogP contribution in [0.5, 0.6) is 0 Å². The van der Waals surface area contributed by atoms with Crippen molar-refractivity contribution in [2.45, 2.75) is 365 Å². The zero-order valence-electron chi connectivity index (χ0n) is 60.6. The third kappa shape index (κ3) is 19.6. The van der Waals surface area contributed by atoms with Gasteiger partial charge in [0.25, 0.3) is 0 Å². The molecule has 0 spiro atoms. The summed E-state index contributed by atoms with van der Waals surface area (Å²) in [5, 5.41) is 4.66. The quantitative estimate of drug-likeness (QED) is 0.0776. The predicted molar refractivity (Wildman–Crippen MR) is 437 cm³/mol. The monoisotopic (exact) mass is 1430 g/mol. The Morgan fingerprint density at radius 3 is 1.16 bits per heavy atom. The molecule has 0 amide bonds. The maximum atomic E-state index is 12.3. The minimum absolute atomic E-state index is 0. The lowest BCUT2D eigenvalue weighted by molar-refractivity contribution is -0.167. The van der Waals surface area contributed by atoms with Crippen LogP contribution in [0.2, 0.25) is 0 Å². The highest BCUT2D eigenvalue weighted by Gasteiger charge is 2.65. The van der Waals surface area contributed by atoms with Crippen molar-refractivity contribution in [1.29, 1.82) is 0 Å². The molecule has 0 N–H and O–H groups in total. The van der Waals surface area contributed by atoms with Gasteiger partial charge in [-0.2, -0.15) is 0 Å². The molecule has 10 aliphatic rings. The number of ether oxygens (including phenoxy) is 5. The third-order valence-corrected chi connectivity index (χ3v) is 28.4. The van der Waals surface area contributed by atoms with Crippen molar-refractivity contribution < 1.29 is 47.7 Å². The van der Waals surface area contributed by atoms with Gasteiger partial charge in [-0.3, -0.25) is 24.0 Å². The molecule has 0 heterocycles. The van der Waals surface area contributed by atoms with Crippen LogP contribution < -0.4 is 0 Å². The van der Waals surface area contributed by atoms with Crippen LogP contribution in [0.25, 0.3) is 21.5 Å². The van der Waals surface area contributed by atoms with Gasteiger partial charge in [0.1, 0.15) is 31.0 Å². The fraction of sp³-hybridized carbons (Fsp3) is 0.793. The van der Waals surface area contributed by atoms with Crippen molar-refractivity contribution in [2.24, 2.45) is 109 Å². The summed E-state index contributed by atoms with van der Waals surface area (Å²) in [7, 11) is 0. The first-order valence-corrected chi connectivity index (χ1v) is 37.3. The van der Waals surface area contributed by atoms with Gasteiger partial charge in [0.15, 0.2) is 0 Å². The van der Waals surface area contributed by atoms with E-state index in [1.807, 2.05) is 93.5 Å². The highest BCUT2D eigenvalue weighted by Crippen LogP contribution is 2.68. The normalized spacial score (nSPS) is 31.0. The Hall–Kier alpha value is -4.47. The number of esters is 5. The van der Waals surface area contributed by atoms with E-state index >= 15 is 0 Å². The maximum Gasteiger partial charge on any atom is 0.311 e. The van der Waals surface area contributed by atoms with Crippen LogP contribution in [0.3, 0.4) is 0 Å². The highest BCUT2D eigenvalue weighted by molar-refractivity contribution is 6.02. The average Bonchev–Trinajstić information content (AvgIpc) is 1.56. The molecule has 19 atom stereocenters. The molecule has 3 aromatic carbocycles. The fourth-order valence-corrected chi connectivity index (χ4v) is 19.3. The summed E-state index contributed by atoms with van der Waals surface area (Å²) in [6, 6.07) is 18.7. The standard InChI is InChI=1S/C20H20O2.C16H26O2.C16H28O2.C15H24O2.C15H26O2.10CH4/c1-3-14(2)20(21)22-13-19-17-10-6-4-8-15(17)12-16-9-5-7-11-18(16)19;1-4-16(2,3)15(17)18-14-9-10-8-13(14)12-7-5-6-11(10)12;1-7-14(2,3)13(17)18-12-10-11-8-9-16(12,6)15(11,4)5;1-3-9(2)15(16)17-14-8-10-7-13(14)12-6-4-5-11(10)12;1-6-10(2)13(16)17-12-9-11-7-8-15(12,5)14(11,3)4;;;;;;;;;;/h4-12,14H,3,13H2,1-2H3;10-14H,4-9H2,1-3H3;11-12H,7-10H2,1-6H3;9-14H,3-8H2,1-2H3;10-12H,6-9H2,1-5H3;10*1H4. The van der Waals surface area contributed by atoms with E-state index in [2.05, 4.69) is 85.7 Å². The van der Waals surface area contributed by atoms with Crippen LogP contribution in [0.1, 0.15) is 339 Å². The lowest BCUT2D eigenvalue weighted by Gasteiger charge is -2.39. The maximum absolute atomic E-state index is 12.3. The summed E-state index contributed by atoms with van der Waals surface area (Å²) in [4.78, 5) is 60.3. The van der Waals surface area contributed by atoms with E-state index in [1.165, 1.54) is 87.8 Å². The van der Waals surface area contributed by atoms with Gasteiger partial charge in [0.05, 0.1) is 28.6 Å². The van der Waals surface area contributed by atoms with E-state index in [9.17, 15) is 24.0 Å². The molecule has 19 unspecified atom stereocenters. The molecule has 10 aliphatic carbocycles. The highest BCUT2D eigenvalue weighted by atomic mass is 16.6. The van der Waals surface area contributed by atoms with Gasteiger partial charge in [-0.25, -0.2) is 0 Å². The Morgan fingerprint density at radius 1 is 0.431 bits per heavy atom. The molecule has 102 heavy (non-hydrogen) atoms. The van der Waals surface area contributed by atoms with Crippen LogP contribution in [0, 0.1) is 109 Å². The second kappa shape index (κ2) is 39.9.